The van der Waals surface area contributed by atoms with Crippen LogP contribution in [0, 0.1) is 23.1 Å². The number of hydrogen-bond acceptors (Lipinski definition) is 7. The number of nitrogens with zero attached hydrogens (tertiary/aromatic N) is 4. The fourth-order valence-electron chi connectivity index (χ4n) is 3.06. The Morgan fingerprint density at radius 2 is 2.33 bits per heavy atom. The van der Waals surface area contributed by atoms with Crippen molar-refractivity contribution in [2.75, 3.05) is 31.6 Å². The number of fused-ring (bicyclic) bond motifs is 1. The van der Waals surface area contributed by atoms with E-state index in [-0.39, 0.29) is 5.56 Å². The van der Waals surface area contributed by atoms with E-state index in [0.29, 0.717) is 11.4 Å². The van der Waals surface area contributed by atoms with E-state index in [1.165, 1.54) is 24.5 Å². The summed E-state index contributed by atoms with van der Waals surface area (Å²) in [5.41, 5.74) is 0.557. The van der Waals surface area contributed by atoms with Gasteiger partial charge in [0.05, 0.1) is 11.1 Å². The number of nitriles is 1. The lowest BCUT2D eigenvalue weighted by Gasteiger charge is -2.34. The number of aromatic nitrogens is 2. The van der Waals surface area contributed by atoms with Crippen molar-refractivity contribution in [3.05, 3.63) is 29.8 Å². The molecule has 1 aromatic carbocycles. The maximum absolute atomic E-state index is 13.8. The molecule has 1 aromatic heterocycles. The third kappa shape index (κ3) is 3.59. The molecule has 0 spiro atoms. The van der Waals surface area contributed by atoms with Crippen LogP contribution in [-0.4, -0.2) is 36.6 Å². The highest BCUT2D eigenvalue weighted by atomic mass is 32.2. The van der Waals surface area contributed by atoms with Crippen molar-refractivity contribution >= 4 is 28.9 Å². The summed E-state index contributed by atoms with van der Waals surface area (Å²) in [7, 11) is 1.88. The molecule has 0 saturated carbocycles. The molecule has 1 atom stereocenters. The molecule has 126 valence electrons. The van der Waals surface area contributed by atoms with E-state index in [1.54, 1.807) is 6.07 Å². The van der Waals surface area contributed by atoms with E-state index in [4.69, 9.17) is 5.26 Å². The van der Waals surface area contributed by atoms with Gasteiger partial charge in [0.25, 0.3) is 0 Å². The number of anilines is 1. The highest BCUT2D eigenvalue weighted by Crippen LogP contribution is 2.29. The summed E-state index contributed by atoms with van der Waals surface area (Å²) in [6.45, 7) is 2.69. The lowest BCUT2D eigenvalue weighted by molar-refractivity contribution is 0.414. The van der Waals surface area contributed by atoms with Gasteiger partial charge in [0, 0.05) is 43.2 Å². The predicted octanol–water partition coefficient (Wildman–Crippen LogP) is 2.23. The second-order valence-corrected chi connectivity index (χ2v) is 6.67. The first-order chi connectivity index (χ1) is 11.7. The first-order valence-corrected chi connectivity index (χ1v) is 8.69. The third-order valence-corrected chi connectivity index (χ3v) is 4.70. The van der Waals surface area contributed by atoms with Gasteiger partial charge in [0.15, 0.2) is 0 Å². The van der Waals surface area contributed by atoms with Crippen LogP contribution in [0.4, 0.5) is 10.2 Å². The zero-order valence-corrected chi connectivity index (χ0v) is 14.2. The molecule has 6 nitrogen and oxygen atoms in total. The first kappa shape index (κ1) is 16.9. The molecule has 24 heavy (non-hydrogen) atoms. The Morgan fingerprint density at radius 1 is 1.46 bits per heavy atom. The summed E-state index contributed by atoms with van der Waals surface area (Å²) in [6.07, 6.45) is 3.70. The summed E-state index contributed by atoms with van der Waals surface area (Å²) in [5.74, 6) is 0.752. The molecule has 2 heterocycles. The second-order valence-electron chi connectivity index (χ2n) is 5.77. The lowest BCUT2D eigenvalue weighted by atomic mass is 9.98. The van der Waals surface area contributed by atoms with Gasteiger partial charge in [-0.25, -0.2) is 14.4 Å². The number of rotatable bonds is 5. The van der Waals surface area contributed by atoms with Crippen molar-refractivity contribution in [1.29, 1.82) is 5.26 Å². The van der Waals surface area contributed by atoms with Gasteiger partial charge in [-0.05, 0) is 31.9 Å². The molecular weight excluding hydrogens is 327 g/mol. The minimum atomic E-state index is -0.542. The van der Waals surface area contributed by atoms with Crippen LogP contribution < -0.4 is 14.3 Å². The van der Waals surface area contributed by atoms with Gasteiger partial charge in [-0.2, -0.15) is 5.26 Å². The summed E-state index contributed by atoms with van der Waals surface area (Å²) >= 11 is 1.49. The largest absolute Gasteiger partial charge is 0.356 e. The smallest absolute Gasteiger partial charge is 0.143 e. The number of nitrogens with one attached hydrogen (secondary N) is 2. The van der Waals surface area contributed by atoms with Gasteiger partial charge < -0.3 is 4.90 Å². The van der Waals surface area contributed by atoms with Crippen molar-refractivity contribution in [3.8, 4) is 6.07 Å². The maximum Gasteiger partial charge on any atom is 0.143 e. The highest BCUT2D eigenvalue weighted by Gasteiger charge is 2.23. The van der Waals surface area contributed by atoms with Crippen LogP contribution in [-0.2, 0) is 0 Å². The average Bonchev–Trinajstić information content (AvgIpc) is 2.61. The van der Waals surface area contributed by atoms with Crippen LogP contribution in [0.1, 0.15) is 18.4 Å². The van der Waals surface area contributed by atoms with Gasteiger partial charge in [-0.15, -0.1) is 0 Å². The molecule has 0 amide bonds. The van der Waals surface area contributed by atoms with Crippen molar-refractivity contribution in [2.45, 2.75) is 12.8 Å². The Balaban J connectivity index is 1.87. The summed E-state index contributed by atoms with van der Waals surface area (Å²) in [6, 6.07) is 4.76. The summed E-state index contributed by atoms with van der Waals surface area (Å²) in [4.78, 5) is 10.8. The molecule has 3 rings (SSSR count). The van der Waals surface area contributed by atoms with Crippen LogP contribution in [0.5, 0.6) is 0 Å². The topological polar surface area (TPSA) is 76.9 Å². The maximum atomic E-state index is 13.8. The van der Waals surface area contributed by atoms with E-state index in [0.717, 1.165) is 43.7 Å². The molecule has 1 saturated heterocycles. The van der Waals surface area contributed by atoms with Crippen LogP contribution >= 0.6 is 12.1 Å². The molecule has 0 bridgehead atoms. The van der Waals surface area contributed by atoms with Crippen LogP contribution in [0.25, 0.3) is 10.9 Å². The predicted molar refractivity (Wildman–Crippen MR) is 93.8 cm³/mol. The Hall–Kier alpha value is -1.95. The lowest BCUT2D eigenvalue weighted by Crippen LogP contribution is -2.39. The molecule has 8 heteroatoms. The number of hydrogen-bond donors (Lipinski definition) is 2. The molecular formula is C16H19FN6S. The highest BCUT2D eigenvalue weighted by molar-refractivity contribution is 7.95. The molecule has 1 fully saturated rings. The van der Waals surface area contributed by atoms with Crippen LogP contribution in [0.2, 0.25) is 0 Å². The van der Waals surface area contributed by atoms with Crippen molar-refractivity contribution in [2.24, 2.45) is 5.92 Å². The van der Waals surface area contributed by atoms with Gasteiger partial charge in [-0.3, -0.25) is 9.44 Å². The number of halogens is 1. The first-order valence-electron chi connectivity index (χ1n) is 7.87. The molecule has 1 unspecified atom stereocenters. The summed E-state index contributed by atoms with van der Waals surface area (Å²) < 4.78 is 20.1. The van der Waals surface area contributed by atoms with Crippen LogP contribution in [0.15, 0.2) is 18.5 Å². The molecule has 0 radical (unpaired) electrons. The van der Waals surface area contributed by atoms with Gasteiger partial charge in [0.2, 0.25) is 0 Å². The number of piperidine rings is 1. The second kappa shape index (κ2) is 7.75. The Morgan fingerprint density at radius 3 is 3.12 bits per heavy atom. The molecule has 0 aliphatic carbocycles. The van der Waals surface area contributed by atoms with Crippen molar-refractivity contribution in [3.63, 3.8) is 0 Å². The standard InChI is InChI=1S/C16H19FN6S/c1-19-24-22-8-11-3-2-4-23(9-11)16-13-5-12(7-18)14(17)6-15(13)20-10-21-16/h5-6,10-11,19,22H,2-4,8-9H2,1H3. The van der Waals surface area contributed by atoms with E-state index in [2.05, 4.69) is 24.3 Å². The Labute approximate surface area is 144 Å². The van der Waals surface area contributed by atoms with E-state index in [1.807, 2.05) is 13.1 Å². The van der Waals surface area contributed by atoms with Crippen molar-refractivity contribution in [1.82, 2.24) is 19.4 Å². The van der Waals surface area contributed by atoms with E-state index >= 15 is 0 Å². The minimum Gasteiger partial charge on any atom is -0.356 e. The normalized spacial score (nSPS) is 17.9. The summed E-state index contributed by atoms with van der Waals surface area (Å²) in [5, 5.41) is 9.81. The molecule has 1 aliphatic rings. The zero-order chi connectivity index (χ0) is 16.9. The molecule has 2 aromatic rings. The van der Waals surface area contributed by atoms with Gasteiger partial charge >= 0.3 is 0 Å². The average molecular weight is 346 g/mol. The quantitative estimate of drug-likeness (QED) is 0.635. The van der Waals surface area contributed by atoms with Crippen molar-refractivity contribution < 1.29 is 4.39 Å². The van der Waals surface area contributed by atoms with Gasteiger partial charge in [0.1, 0.15) is 24.0 Å². The SMILES string of the molecule is CNSNCC1CCCN(c2ncnc3cc(F)c(C#N)cc23)C1. The molecule has 2 N–H and O–H groups in total. The third-order valence-electron chi connectivity index (χ3n) is 4.19. The fourth-order valence-corrected chi connectivity index (χ4v) is 3.52. The Kier molecular flexibility index (Phi) is 5.45. The minimum absolute atomic E-state index is 0.0270. The fraction of sp³-hybridized carbons (Fsp3) is 0.438. The monoisotopic (exact) mass is 346 g/mol. The van der Waals surface area contributed by atoms with E-state index in [9.17, 15) is 4.39 Å². The van der Waals surface area contributed by atoms with Crippen LogP contribution in [0.3, 0.4) is 0 Å². The molecule has 1 aliphatic heterocycles. The Bertz CT molecular complexity index is 762. The number of benzene rings is 1. The zero-order valence-electron chi connectivity index (χ0n) is 13.4. The van der Waals surface area contributed by atoms with E-state index < -0.39 is 5.82 Å². The van der Waals surface area contributed by atoms with Gasteiger partial charge in [-0.1, -0.05) is 0 Å².